The summed E-state index contributed by atoms with van der Waals surface area (Å²) in [6, 6.07) is 1.28. The number of nitrogens with zero attached hydrogens (tertiary/aromatic N) is 2. The minimum Gasteiger partial charge on any atom is -0.282 e. The molecule has 12 heteroatoms. The Morgan fingerprint density at radius 1 is 0.708 bits per heavy atom. The number of halogens is 8. The van der Waals surface area contributed by atoms with Crippen molar-refractivity contribution in [2.75, 3.05) is 10.9 Å². The first-order valence-electron chi connectivity index (χ1n) is 5.96. The van der Waals surface area contributed by atoms with Gasteiger partial charge in [0.15, 0.2) is 11.6 Å². The third-order valence-corrected chi connectivity index (χ3v) is 3.21. The van der Waals surface area contributed by atoms with Gasteiger partial charge in [0.2, 0.25) is 0 Å². The van der Waals surface area contributed by atoms with E-state index in [4.69, 9.17) is 23.2 Å². The van der Waals surface area contributed by atoms with Gasteiger partial charge < -0.3 is 0 Å². The van der Waals surface area contributed by atoms with Gasteiger partial charge in [-0.1, -0.05) is 23.2 Å². The number of nitrogens with one attached hydrogen (secondary N) is 2. The summed E-state index contributed by atoms with van der Waals surface area (Å²) >= 11 is 11.3. The van der Waals surface area contributed by atoms with Crippen molar-refractivity contribution in [2.24, 2.45) is 0 Å². The molecule has 0 atom stereocenters. The number of alkyl halides is 6. The Morgan fingerprint density at radius 3 is 1.29 bits per heavy atom. The fraction of sp³-hybridized carbons (Fsp3) is 0.167. The average Bonchev–Trinajstić information content (AvgIpc) is 2.45. The van der Waals surface area contributed by atoms with E-state index in [1.807, 2.05) is 0 Å². The van der Waals surface area contributed by atoms with Crippen LogP contribution < -0.4 is 10.9 Å². The Bertz CT molecular complexity index is 684. The van der Waals surface area contributed by atoms with Gasteiger partial charge in [-0.15, -0.1) is 0 Å². The van der Waals surface area contributed by atoms with Gasteiger partial charge in [0.05, 0.1) is 21.2 Å². The fourth-order valence-corrected chi connectivity index (χ4v) is 1.92. The maximum absolute atomic E-state index is 12.5. The van der Waals surface area contributed by atoms with Crippen LogP contribution in [0.15, 0.2) is 24.5 Å². The lowest BCUT2D eigenvalue weighted by atomic mass is 10.3. The van der Waals surface area contributed by atoms with Crippen LogP contribution in [0.4, 0.5) is 38.0 Å². The van der Waals surface area contributed by atoms with Gasteiger partial charge in [0.25, 0.3) is 0 Å². The fourth-order valence-electron chi connectivity index (χ4n) is 1.49. The van der Waals surface area contributed by atoms with Crippen LogP contribution in [0.3, 0.4) is 0 Å². The summed E-state index contributed by atoms with van der Waals surface area (Å²) < 4.78 is 74.9. The number of anilines is 2. The first-order chi connectivity index (χ1) is 11.0. The predicted octanol–water partition coefficient (Wildman–Crippen LogP) is 5.26. The maximum atomic E-state index is 12.5. The molecule has 0 aliphatic rings. The molecule has 130 valence electrons. The summed E-state index contributed by atoms with van der Waals surface area (Å²) in [4.78, 5) is 6.94. The molecule has 2 aromatic heterocycles. The van der Waals surface area contributed by atoms with Gasteiger partial charge in [-0.25, -0.2) is 9.97 Å². The van der Waals surface area contributed by atoms with E-state index < -0.39 is 23.5 Å². The molecule has 0 bridgehead atoms. The Labute approximate surface area is 140 Å². The zero-order chi connectivity index (χ0) is 18.1. The van der Waals surface area contributed by atoms with Crippen molar-refractivity contribution >= 4 is 34.8 Å². The Balaban J connectivity index is 2.14. The van der Waals surface area contributed by atoms with Crippen molar-refractivity contribution in [1.29, 1.82) is 0 Å². The minimum atomic E-state index is -4.61. The first-order valence-corrected chi connectivity index (χ1v) is 6.71. The van der Waals surface area contributed by atoms with E-state index >= 15 is 0 Å². The molecule has 0 saturated carbocycles. The van der Waals surface area contributed by atoms with Crippen molar-refractivity contribution in [3.05, 3.63) is 45.7 Å². The molecule has 0 aliphatic carbocycles. The second-order valence-electron chi connectivity index (χ2n) is 4.35. The van der Waals surface area contributed by atoms with Crippen molar-refractivity contribution in [1.82, 2.24) is 9.97 Å². The van der Waals surface area contributed by atoms with Crippen molar-refractivity contribution in [3.63, 3.8) is 0 Å². The minimum absolute atomic E-state index is 0.192. The molecule has 0 unspecified atom stereocenters. The number of pyridine rings is 2. The lowest BCUT2D eigenvalue weighted by Crippen LogP contribution is -2.14. The second-order valence-corrected chi connectivity index (χ2v) is 5.17. The maximum Gasteiger partial charge on any atom is 0.417 e. The van der Waals surface area contributed by atoms with Crippen LogP contribution in [-0.4, -0.2) is 9.97 Å². The molecule has 0 fully saturated rings. The van der Waals surface area contributed by atoms with E-state index in [1.54, 1.807) is 0 Å². The van der Waals surface area contributed by atoms with E-state index in [0.717, 1.165) is 0 Å². The monoisotopic (exact) mass is 390 g/mol. The van der Waals surface area contributed by atoms with Crippen LogP contribution >= 0.6 is 23.2 Å². The van der Waals surface area contributed by atoms with E-state index in [2.05, 4.69) is 20.8 Å². The van der Waals surface area contributed by atoms with Crippen LogP contribution in [0.1, 0.15) is 11.1 Å². The Hall–Kier alpha value is -1.94. The third kappa shape index (κ3) is 4.32. The van der Waals surface area contributed by atoms with E-state index in [1.165, 1.54) is 0 Å². The summed E-state index contributed by atoms with van der Waals surface area (Å²) in [6.07, 6.45) is -8.14. The third-order valence-electron chi connectivity index (χ3n) is 2.64. The highest BCUT2D eigenvalue weighted by atomic mass is 35.5. The molecule has 0 aromatic carbocycles. The van der Waals surface area contributed by atoms with E-state index in [0.29, 0.717) is 24.5 Å². The molecule has 2 rings (SSSR count). The molecule has 0 aliphatic heterocycles. The van der Waals surface area contributed by atoms with Gasteiger partial charge in [0, 0.05) is 12.4 Å². The Kier molecular flexibility index (Phi) is 5.00. The average molecular weight is 391 g/mol. The number of hydrogen-bond donors (Lipinski definition) is 2. The largest absolute Gasteiger partial charge is 0.417 e. The highest BCUT2D eigenvalue weighted by Crippen LogP contribution is 2.34. The van der Waals surface area contributed by atoms with Crippen molar-refractivity contribution in [2.45, 2.75) is 12.4 Å². The van der Waals surface area contributed by atoms with Gasteiger partial charge in [-0.05, 0) is 12.1 Å². The molecular weight excluding hydrogens is 385 g/mol. The molecule has 2 aromatic rings. The molecule has 24 heavy (non-hydrogen) atoms. The number of hydrazine groups is 1. The van der Waals surface area contributed by atoms with E-state index in [9.17, 15) is 26.3 Å². The molecule has 0 saturated heterocycles. The normalized spacial score (nSPS) is 12.2. The lowest BCUT2D eigenvalue weighted by Gasteiger charge is -2.13. The summed E-state index contributed by atoms with van der Waals surface area (Å²) in [6.45, 7) is 0. The highest BCUT2D eigenvalue weighted by molar-refractivity contribution is 6.33. The van der Waals surface area contributed by atoms with Gasteiger partial charge in [-0.3, -0.25) is 10.9 Å². The van der Waals surface area contributed by atoms with Gasteiger partial charge in [-0.2, -0.15) is 26.3 Å². The highest BCUT2D eigenvalue weighted by Gasteiger charge is 2.32. The molecular formula is C12H6Cl2F6N4. The van der Waals surface area contributed by atoms with Crippen LogP contribution in [0.5, 0.6) is 0 Å². The van der Waals surface area contributed by atoms with Crippen LogP contribution in [0.25, 0.3) is 0 Å². The second kappa shape index (κ2) is 6.52. The summed E-state index contributed by atoms with van der Waals surface area (Å²) in [7, 11) is 0. The zero-order valence-corrected chi connectivity index (χ0v) is 12.7. The molecule has 0 radical (unpaired) electrons. The van der Waals surface area contributed by atoms with E-state index in [-0.39, 0.29) is 21.7 Å². The van der Waals surface area contributed by atoms with Crippen LogP contribution in [0, 0.1) is 0 Å². The van der Waals surface area contributed by atoms with Crippen molar-refractivity contribution in [3.8, 4) is 0 Å². The van der Waals surface area contributed by atoms with Gasteiger partial charge >= 0.3 is 12.4 Å². The summed E-state index contributed by atoms with van der Waals surface area (Å²) in [5.41, 5.74) is 2.53. The smallest absolute Gasteiger partial charge is 0.282 e. The number of aromatic nitrogens is 2. The molecule has 0 spiro atoms. The van der Waals surface area contributed by atoms with Gasteiger partial charge in [0.1, 0.15) is 0 Å². The first kappa shape index (κ1) is 18.4. The topological polar surface area (TPSA) is 49.8 Å². The quantitative estimate of drug-likeness (QED) is 0.554. The van der Waals surface area contributed by atoms with Crippen molar-refractivity contribution < 1.29 is 26.3 Å². The molecule has 2 heterocycles. The zero-order valence-electron chi connectivity index (χ0n) is 11.2. The molecule has 0 amide bonds. The van der Waals surface area contributed by atoms with Crippen LogP contribution in [0.2, 0.25) is 10.0 Å². The van der Waals surface area contributed by atoms with Crippen LogP contribution in [-0.2, 0) is 12.4 Å². The number of hydrogen-bond acceptors (Lipinski definition) is 4. The lowest BCUT2D eigenvalue weighted by molar-refractivity contribution is -0.138. The Morgan fingerprint density at radius 2 is 1.04 bits per heavy atom. The standard InChI is InChI=1S/C12H6Cl2F6N4/c13-7-1-5(11(15,16)17)3-21-9(7)23-24-10-8(14)2-6(4-22-10)12(18,19)20/h1-4H,(H,21,23)(H,22,24). The summed E-state index contributed by atoms with van der Waals surface area (Å²) in [5, 5.41) is -0.722. The number of rotatable bonds is 3. The molecule has 2 N–H and O–H groups in total. The predicted molar refractivity (Wildman–Crippen MR) is 75.7 cm³/mol. The molecule has 4 nitrogen and oxygen atoms in total. The SMILES string of the molecule is FC(F)(F)c1cnc(NNc2ncc(C(F)(F)F)cc2Cl)c(Cl)c1. The summed E-state index contributed by atoms with van der Waals surface area (Å²) in [5.74, 6) is -0.384.